The van der Waals surface area contributed by atoms with Gasteiger partial charge < -0.3 is 5.73 Å². The summed E-state index contributed by atoms with van der Waals surface area (Å²) < 4.78 is 0. The molecule has 2 bridgehead atoms. The van der Waals surface area contributed by atoms with Crippen molar-refractivity contribution in [3.63, 3.8) is 0 Å². The Kier molecular flexibility index (Phi) is 2.16. The van der Waals surface area contributed by atoms with E-state index in [1.807, 2.05) is 0 Å². The van der Waals surface area contributed by atoms with Crippen molar-refractivity contribution in [2.75, 3.05) is 6.54 Å². The minimum absolute atomic E-state index is 0.752. The standard InChI is InChI=1S/C11H21N/c1-9-10-4-2-5-11(9,8-10)6-3-7-12/h9-10H,2-8,12H2,1H3. The molecule has 0 spiro atoms. The summed E-state index contributed by atoms with van der Waals surface area (Å²) >= 11 is 0. The summed E-state index contributed by atoms with van der Waals surface area (Å²) in [7, 11) is 0. The number of hydrogen-bond donors (Lipinski definition) is 1. The SMILES string of the molecule is CC1C2CCCC1(CCCN)C2. The third-order valence-corrected chi connectivity index (χ3v) is 4.47. The van der Waals surface area contributed by atoms with E-state index in [1.54, 1.807) is 0 Å². The van der Waals surface area contributed by atoms with Gasteiger partial charge in [-0.2, -0.15) is 0 Å². The topological polar surface area (TPSA) is 26.0 Å². The number of nitrogens with two attached hydrogens (primary N) is 1. The lowest BCUT2D eigenvalue weighted by molar-refractivity contribution is -0.0868. The Morgan fingerprint density at radius 1 is 1.50 bits per heavy atom. The fourth-order valence-corrected chi connectivity index (χ4v) is 3.53. The van der Waals surface area contributed by atoms with Crippen LogP contribution < -0.4 is 5.73 Å². The van der Waals surface area contributed by atoms with Crippen molar-refractivity contribution in [2.24, 2.45) is 23.0 Å². The summed E-state index contributed by atoms with van der Waals surface area (Å²) in [6.07, 6.45) is 8.65. The van der Waals surface area contributed by atoms with Gasteiger partial charge in [-0.1, -0.05) is 19.8 Å². The zero-order chi connectivity index (χ0) is 8.60. The molecule has 0 aliphatic heterocycles. The molecule has 0 aromatic rings. The minimum atomic E-state index is 0.752. The van der Waals surface area contributed by atoms with Crippen LogP contribution in [0.5, 0.6) is 0 Å². The molecule has 0 heterocycles. The smallest absolute Gasteiger partial charge is 0.00771 e. The Labute approximate surface area is 75.7 Å². The predicted octanol–water partition coefficient (Wildman–Crippen LogP) is 2.55. The average molecular weight is 167 g/mol. The van der Waals surface area contributed by atoms with Crippen molar-refractivity contribution < 1.29 is 0 Å². The molecule has 12 heavy (non-hydrogen) atoms. The lowest BCUT2D eigenvalue weighted by Gasteiger charge is -2.59. The normalized spacial score (nSPS) is 45.5. The lowest BCUT2D eigenvalue weighted by Crippen LogP contribution is -2.49. The van der Waals surface area contributed by atoms with Crippen LogP contribution in [0, 0.1) is 17.3 Å². The molecular weight excluding hydrogens is 146 g/mol. The molecule has 1 heteroatoms. The lowest BCUT2D eigenvalue weighted by atomic mass is 9.46. The minimum Gasteiger partial charge on any atom is -0.330 e. The molecule has 0 aromatic carbocycles. The molecule has 70 valence electrons. The molecule has 3 rings (SSSR count). The molecule has 3 aliphatic carbocycles. The summed E-state index contributed by atoms with van der Waals surface area (Å²) in [4.78, 5) is 0. The fraction of sp³-hybridized carbons (Fsp3) is 1.00. The largest absolute Gasteiger partial charge is 0.330 e. The molecule has 2 N–H and O–H groups in total. The van der Waals surface area contributed by atoms with E-state index in [4.69, 9.17) is 5.73 Å². The zero-order valence-corrected chi connectivity index (χ0v) is 8.18. The van der Waals surface area contributed by atoms with Crippen LogP contribution in [0.25, 0.3) is 0 Å². The predicted molar refractivity (Wildman–Crippen MR) is 51.8 cm³/mol. The number of fused-ring (bicyclic) bond motifs is 2. The highest BCUT2D eigenvalue weighted by atomic mass is 14.6. The van der Waals surface area contributed by atoms with Gasteiger partial charge in [0.05, 0.1) is 0 Å². The molecule has 1 nitrogen and oxygen atoms in total. The van der Waals surface area contributed by atoms with Gasteiger partial charge >= 0.3 is 0 Å². The molecule has 3 aliphatic rings. The maximum absolute atomic E-state index is 5.57. The van der Waals surface area contributed by atoms with Gasteiger partial charge in [0, 0.05) is 0 Å². The van der Waals surface area contributed by atoms with Crippen molar-refractivity contribution in [3.05, 3.63) is 0 Å². The Bertz CT molecular complexity index is 162. The first kappa shape index (κ1) is 8.55. The maximum atomic E-state index is 5.57. The van der Waals surface area contributed by atoms with Crippen LogP contribution in [0.3, 0.4) is 0 Å². The first-order chi connectivity index (χ1) is 5.78. The fourth-order valence-electron chi connectivity index (χ4n) is 3.53. The molecule has 0 amide bonds. The van der Waals surface area contributed by atoms with Crippen molar-refractivity contribution in [2.45, 2.75) is 45.4 Å². The van der Waals surface area contributed by atoms with E-state index in [9.17, 15) is 0 Å². The molecule has 0 radical (unpaired) electrons. The van der Waals surface area contributed by atoms with E-state index in [-0.39, 0.29) is 0 Å². The molecule has 3 fully saturated rings. The highest BCUT2D eigenvalue weighted by molar-refractivity contribution is 5.02. The monoisotopic (exact) mass is 167 g/mol. The van der Waals surface area contributed by atoms with Crippen molar-refractivity contribution in [3.8, 4) is 0 Å². The van der Waals surface area contributed by atoms with Gasteiger partial charge in [0.15, 0.2) is 0 Å². The molecular formula is C11H21N. The Morgan fingerprint density at radius 3 is 2.92 bits per heavy atom. The Morgan fingerprint density at radius 2 is 2.33 bits per heavy atom. The molecule has 0 aromatic heterocycles. The third kappa shape index (κ3) is 1.10. The molecule has 3 atom stereocenters. The molecule has 3 unspecified atom stereocenters. The van der Waals surface area contributed by atoms with Crippen molar-refractivity contribution in [1.29, 1.82) is 0 Å². The first-order valence-corrected chi connectivity index (χ1v) is 5.48. The van der Waals surface area contributed by atoms with E-state index < -0.39 is 0 Å². The number of rotatable bonds is 3. The summed E-state index contributed by atoms with van der Waals surface area (Å²) in [6, 6.07) is 0. The van der Waals surface area contributed by atoms with E-state index in [1.165, 1.54) is 38.5 Å². The first-order valence-electron chi connectivity index (χ1n) is 5.48. The quantitative estimate of drug-likeness (QED) is 0.687. The summed E-state index contributed by atoms with van der Waals surface area (Å²) in [5.74, 6) is 2.09. The number of hydrogen-bond acceptors (Lipinski definition) is 1. The third-order valence-electron chi connectivity index (χ3n) is 4.47. The summed E-state index contributed by atoms with van der Waals surface area (Å²) in [5.41, 5.74) is 6.32. The van der Waals surface area contributed by atoms with E-state index >= 15 is 0 Å². The van der Waals surface area contributed by atoms with Gasteiger partial charge in [0.2, 0.25) is 0 Å². The van der Waals surface area contributed by atoms with Crippen LogP contribution in [0.1, 0.15) is 45.4 Å². The van der Waals surface area contributed by atoms with Crippen LogP contribution in [-0.4, -0.2) is 6.54 Å². The second kappa shape index (κ2) is 3.02. The van der Waals surface area contributed by atoms with Gasteiger partial charge in [-0.25, -0.2) is 0 Å². The zero-order valence-electron chi connectivity index (χ0n) is 8.18. The van der Waals surface area contributed by atoms with Gasteiger partial charge in [-0.05, 0) is 49.5 Å². The van der Waals surface area contributed by atoms with Gasteiger partial charge in [0.25, 0.3) is 0 Å². The Hall–Kier alpha value is -0.0400. The molecule has 3 saturated carbocycles. The second-order valence-electron chi connectivity index (χ2n) is 4.90. The second-order valence-corrected chi connectivity index (χ2v) is 4.90. The van der Waals surface area contributed by atoms with Gasteiger partial charge in [-0.3, -0.25) is 0 Å². The maximum Gasteiger partial charge on any atom is -0.00771 e. The van der Waals surface area contributed by atoms with Crippen molar-refractivity contribution >= 4 is 0 Å². The summed E-state index contributed by atoms with van der Waals surface area (Å²) in [5, 5.41) is 0. The highest BCUT2D eigenvalue weighted by Gasteiger charge is 2.52. The van der Waals surface area contributed by atoms with Gasteiger partial charge in [0.1, 0.15) is 0 Å². The molecule has 0 saturated heterocycles. The highest BCUT2D eigenvalue weighted by Crippen LogP contribution is 2.61. The van der Waals surface area contributed by atoms with E-state index in [2.05, 4.69) is 6.92 Å². The van der Waals surface area contributed by atoms with Crippen LogP contribution in [0.15, 0.2) is 0 Å². The van der Waals surface area contributed by atoms with Gasteiger partial charge in [-0.15, -0.1) is 0 Å². The van der Waals surface area contributed by atoms with E-state index in [0.717, 1.165) is 23.8 Å². The van der Waals surface area contributed by atoms with Crippen molar-refractivity contribution in [1.82, 2.24) is 0 Å². The Balaban J connectivity index is 1.92. The average Bonchev–Trinajstić information content (AvgIpc) is 2.14. The summed E-state index contributed by atoms with van der Waals surface area (Å²) in [6.45, 7) is 3.35. The van der Waals surface area contributed by atoms with E-state index in [0.29, 0.717) is 0 Å². The van der Waals surface area contributed by atoms with Crippen LogP contribution >= 0.6 is 0 Å². The van der Waals surface area contributed by atoms with Crippen LogP contribution in [-0.2, 0) is 0 Å². The van der Waals surface area contributed by atoms with Crippen LogP contribution in [0.2, 0.25) is 0 Å². The van der Waals surface area contributed by atoms with Crippen LogP contribution in [0.4, 0.5) is 0 Å².